The first-order chi connectivity index (χ1) is 14.1. The van der Waals surface area contributed by atoms with E-state index in [1.807, 2.05) is 37.3 Å². The maximum Gasteiger partial charge on any atom is 0.269 e. The van der Waals surface area contributed by atoms with Crippen molar-refractivity contribution in [2.75, 3.05) is 0 Å². The van der Waals surface area contributed by atoms with Crippen LogP contribution >= 0.6 is 11.8 Å². The number of non-ortho nitro benzene ring substituents is 1. The van der Waals surface area contributed by atoms with Crippen molar-refractivity contribution in [2.45, 2.75) is 23.9 Å². The van der Waals surface area contributed by atoms with E-state index in [0.29, 0.717) is 29.0 Å². The normalized spacial score (nSPS) is 12.0. The smallest absolute Gasteiger partial charge is 0.269 e. The highest BCUT2D eigenvalue weighted by Gasteiger charge is 2.20. The molecule has 0 aliphatic carbocycles. The minimum atomic E-state index is -0.457. The molecule has 0 fully saturated rings. The van der Waals surface area contributed by atoms with Gasteiger partial charge in [0, 0.05) is 17.7 Å². The van der Waals surface area contributed by atoms with Gasteiger partial charge in [0.2, 0.25) is 16.9 Å². The van der Waals surface area contributed by atoms with E-state index in [2.05, 4.69) is 25.7 Å². The van der Waals surface area contributed by atoms with Crippen LogP contribution in [-0.2, 0) is 6.54 Å². The Bertz CT molecular complexity index is 1110. The third-order valence-electron chi connectivity index (χ3n) is 4.07. The van der Waals surface area contributed by atoms with Gasteiger partial charge < -0.3 is 4.42 Å². The second-order valence-corrected chi connectivity index (χ2v) is 7.42. The molecule has 1 atom stereocenters. The molecule has 29 heavy (non-hydrogen) atoms. The summed E-state index contributed by atoms with van der Waals surface area (Å²) >= 11 is 1.41. The Labute approximate surface area is 169 Å². The maximum absolute atomic E-state index is 10.8. The maximum atomic E-state index is 10.8. The lowest BCUT2D eigenvalue weighted by Gasteiger charge is -2.07. The fraction of sp³-hybridized carbons (Fsp3) is 0.167. The van der Waals surface area contributed by atoms with E-state index in [-0.39, 0.29) is 10.9 Å². The van der Waals surface area contributed by atoms with Crippen LogP contribution in [0.5, 0.6) is 0 Å². The van der Waals surface area contributed by atoms with E-state index in [1.165, 1.54) is 23.9 Å². The third-order valence-corrected chi connectivity index (χ3v) is 5.13. The number of thioether (sulfide) groups is 1. The van der Waals surface area contributed by atoms with Crippen molar-refractivity contribution >= 4 is 17.4 Å². The monoisotopic (exact) mass is 409 g/mol. The van der Waals surface area contributed by atoms with Crippen molar-refractivity contribution in [1.82, 2.24) is 30.4 Å². The molecule has 0 saturated carbocycles. The molecule has 0 saturated heterocycles. The summed E-state index contributed by atoms with van der Waals surface area (Å²) in [5.41, 5.74) is 1.70. The van der Waals surface area contributed by atoms with Gasteiger partial charge in [0.05, 0.1) is 16.7 Å². The molecule has 10 nitrogen and oxygen atoms in total. The van der Waals surface area contributed by atoms with Gasteiger partial charge in [0.25, 0.3) is 5.69 Å². The van der Waals surface area contributed by atoms with E-state index < -0.39 is 4.92 Å². The number of benzene rings is 2. The summed E-state index contributed by atoms with van der Waals surface area (Å²) in [6, 6.07) is 15.9. The average Bonchev–Trinajstić information content (AvgIpc) is 3.39. The molecule has 2 aromatic heterocycles. The number of nitrogens with zero attached hydrogens (tertiary/aromatic N) is 7. The standard InChI is InChI=1S/C18H15N7O3S/c1-12(29-18-21-22-23-24(18)11-13-5-3-2-4-6-13)16-19-20-17(28-16)14-7-9-15(10-8-14)25(26)27/h2-10,12H,11H2,1H3. The summed E-state index contributed by atoms with van der Waals surface area (Å²) in [7, 11) is 0. The number of hydrogen-bond acceptors (Lipinski definition) is 9. The lowest BCUT2D eigenvalue weighted by atomic mass is 10.2. The number of aromatic nitrogens is 6. The zero-order valence-electron chi connectivity index (χ0n) is 15.2. The summed E-state index contributed by atoms with van der Waals surface area (Å²) < 4.78 is 7.46. The summed E-state index contributed by atoms with van der Waals surface area (Å²) in [6.07, 6.45) is 0. The Morgan fingerprint density at radius 1 is 1.10 bits per heavy atom. The third kappa shape index (κ3) is 4.29. The minimum absolute atomic E-state index is 0.00247. The lowest BCUT2D eigenvalue weighted by molar-refractivity contribution is -0.384. The molecule has 4 aromatic rings. The van der Waals surface area contributed by atoms with E-state index in [0.717, 1.165) is 5.56 Å². The molecule has 11 heteroatoms. The topological polar surface area (TPSA) is 126 Å². The summed E-state index contributed by atoms with van der Waals surface area (Å²) in [5, 5.41) is 31.2. The van der Waals surface area contributed by atoms with Crippen molar-refractivity contribution in [1.29, 1.82) is 0 Å². The van der Waals surface area contributed by atoms with Crippen LogP contribution in [0.15, 0.2) is 64.2 Å². The lowest BCUT2D eigenvalue weighted by Crippen LogP contribution is -2.04. The van der Waals surface area contributed by atoms with Gasteiger partial charge in [0.1, 0.15) is 0 Å². The fourth-order valence-electron chi connectivity index (χ4n) is 2.59. The Kier molecular flexibility index (Phi) is 5.29. The molecule has 0 spiro atoms. The second-order valence-electron chi connectivity index (χ2n) is 6.11. The number of nitro benzene ring substituents is 1. The van der Waals surface area contributed by atoms with Crippen molar-refractivity contribution in [3.63, 3.8) is 0 Å². The molecule has 0 bridgehead atoms. The van der Waals surface area contributed by atoms with Gasteiger partial charge in [-0.15, -0.1) is 15.3 Å². The van der Waals surface area contributed by atoms with E-state index >= 15 is 0 Å². The first kappa shape index (κ1) is 18.7. The zero-order chi connectivity index (χ0) is 20.2. The van der Waals surface area contributed by atoms with Gasteiger partial charge in [-0.25, -0.2) is 4.68 Å². The molecule has 0 aliphatic heterocycles. The van der Waals surface area contributed by atoms with Gasteiger partial charge in [-0.3, -0.25) is 10.1 Å². The zero-order valence-corrected chi connectivity index (χ0v) is 16.1. The van der Waals surface area contributed by atoms with Crippen LogP contribution in [0, 0.1) is 10.1 Å². The SMILES string of the molecule is CC(Sc1nnnn1Cc1ccccc1)c1nnc(-c2ccc([N+](=O)[O-])cc2)o1. The van der Waals surface area contributed by atoms with Crippen molar-refractivity contribution < 1.29 is 9.34 Å². The Hall–Kier alpha value is -3.60. The summed E-state index contributed by atoms with van der Waals surface area (Å²) in [4.78, 5) is 10.3. The summed E-state index contributed by atoms with van der Waals surface area (Å²) in [5.74, 6) is 0.712. The quantitative estimate of drug-likeness (QED) is 0.256. The highest BCUT2D eigenvalue weighted by Crippen LogP contribution is 2.34. The second kappa shape index (κ2) is 8.19. The number of rotatable bonds is 7. The first-order valence-corrected chi connectivity index (χ1v) is 9.53. The highest BCUT2D eigenvalue weighted by atomic mass is 32.2. The van der Waals surface area contributed by atoms with Crippen molar-refractivity contribution in [3.8, 4) is 11.5 Å². The van der Waals surface area contributed by atoms with Crippen LogP contribution in [0.2, 0.25) is 0 Å². The van der Waals surface area contributed by atoms with Crippen molar-refractivity contribution in [2.24, 2.45) is 0 Å². The molecule has 0 radical (unpaired) electrons. The highest BCUT2D eigenvalue weighted by molar-refractivity contribution is 7.99. The molecule has 4 rings (SSSR count). The molecule has 2 aromatic carbocycles. The van der Waals surface area contributed by atoms with Crippen LogP contribution in [-0.4, -0.2) is 35.3 Å². The van der Waals surface area contributed by atoms with Crippen LogP contribution < -0.4 is 0 Å². The van der Waals surface area contributed by atoms with Gasteiger partial charge in [0.15, 0.2) is 0 Å². The van der Waals surface area contributed by atoms with Crippen molar-refractivity contribution in [3.05, 3.63) is 76.2 Å². The van der Waals surface area contributed by atoms with E-state index in [4.69, 9.17) is 4.42 Å². The van der Waals surface area contributed by atoms with Gasteiger partial charge >= 0.3 is 0 Å². The Morgan fingerprint density at radius 3 is 2.59 bits per heavy atom. The van der Waals surface area contributed by atoms with Gasteiger partial charge in [-0.05, 0) is 35.0 Å². The summed E-state index contributed by atoms with van der Waals surface area (Å²) in [6.45, 7) is 2.47. The molecule has 146 valence electrons. The number of hydrogen-bond donors (Lipinski definition) is 0. The molecule has 0 N–H and O–H groups in total. The number of tetrazole rings is 1. The van der Waals surface area contributed by atoms with E-state index in [9.17, 15) is 10.1 Å². The van der Waals surface area contributed by atoms with Gasteiger partial charge in [-0.2, -0.15) is 0 Å². The Morgan fingerprint density at radius 2 is 1.86 bits per heavy atom. The molecular weight excluding hydrogens is 394 g/mol. The van der Waals surface area contributed by atoms with Crippen LogP contribution in [0.25, 0.3) is 11.5 Å². The predicted octanol–water partition coefficient (Wildman–Crippen LogP) is 3.53. The van der Waals surface area contributed by atoms with Crippen LogP contribution in [0.4, 0.5) is 5.69 Å². The van der Waals surface area contributed by atoms with Crippen LogP contribution in [0.3, 0.4) is 0 Å². The van der Waals surface area contributed by atoms with E-state index in [1.54, 1.807) is 16.8 Å². The molecular formula is C18H15N7O3S. The molecule has 2 heterocycles. The molecule has 1 unspecified atom stereocenters. The van der Waals surface area contributed by atoms with Crippen LogP contribution in [0.1, 0.15) is 23.6 Å². The minimum Gasteiger partial charge on any atom is -0.419 e. The van der Waals surface area contributed by atoms with Gasteiger partial charge in [-0.1, -0.05) is 42.1 Å². The molecule has 0 aliphatic rings. The fourth-order valence-corrected chi connectivity index (χ4v) is 3.40. The average molecular weight is 409 g/mol. The molecule has 0 amide bonds. The number of nitro groups is 1. The first-order valence-electron chi connectivity index (χ1n) is 8.65. The Balaban J connectivity index is 1.47. The largest absolute Gasteiger partial charge is 0.419 e. The predicted molar refractivity (Wildman–Crippen MR) is 104 cm³/mol.